The molecule has 0 unspecified atom stereocenters. The summed E-state index contributed by atoms with van der Waals surface area (Å²) in [6.07, 6.45) is 5.15. The van der Waals surface area contributed by atoms with Gasteiger partial charge in [0.2, 0.25) is 0 Å². The minimum atomic E-state index is 0.667. The van der Waals surface area contributed by atoms with E-state index in [1.165, 1.54) is 11.1 Å². The third-order valence-electron chi connectivity index (χ3n) is 2.83. The molecule has 1 aromatic carbocycles. The van der Waals surface area contributed by atoms with Crippen molar-refractivity contribution in [1.29, 1.82) is 0 Å². The molecule has 3 heteroatoms. The molecule has 0 saturated heterocycles. The van der Waals surface area contributed by atoms with Crippen LogP contribution in [-0.4, -0.2) is 13.2 Å². The molecule has 106 valence electrons. The van der Waals surface area contributed by atoms with Crippen LogP contribution in [0.15, 0.2) is 35.3 Å². The van der Waals surface area contributed by atoms with Gasteiger partial charge >= 0.3 is 0 Å². The number of halogens is 1. The van der Waals surface area contributed by atoms with Gasteiger partial charge in [0.25, 0.3) is 0 Å². The van der Waals surface area contributed by atoms with Crippen molar-refractivity contribution in [3.05, 3.63) is 46.5 Å². The van der Waals surface area contributed by atoms with E-state index in [1.807, 2.05) is 6.08 Å². The van der Waals surface area contributed by atoms with E-state index in [1.54, 1.807) is 0 Å². The number of nitrogens with one attached hydrogen (secondary N) is 1. The zero-order valence-electron chi connectivity index (χ0n) is 11.8. The van der Waals surface area contributed by atoms with Gasteiger partial charge in [0.05, 0.1) is 6.61 Å². The lowest BCUT2D eigenvalue weighted by Crippen LogP contribution is -2.13. The van der Waals surface area contributed by atoms with E-state index in [0.29, 0.717) is 6.61 Å². The van der Waals surface area contributed by atoms with Gasteiger partial charge in [-0.05, 0) is 43.0 Å². The molecule has 1 rings (SSSR count). The van der Waals surface area contributed by atoms with Crippen LogP contribution in [0.5, 0.6) is 0 Å². The fraction of sp³-hybridized carbons (Fsp3) is 0.500. The van der Waals surface area contributed by atoms with Crippen LogP contribution in [0.25, 0.3) is 0 Å². The van der Waals surface area contributed by atoms with Crippen molar-refractivity contribution in [2.45, 2.75) is 39.3 Å². The Morgan fingerprint density at radius 2 is 2.26 bits per heavy atom. The largest absolute Gasteiger partial charge is 0.377 e. The van der Waals surface area contributed by atoms with Gasteiger partial charge in [-0.15, -0.1) is 6.58 Å². The van der Waals surface area contributed by atoms with Crippen molar-refractivity contribution in [3.8, 4) is 0 Å². The maximum atomic E-state index is 5.65. The van der Waals surface area contributed by atoms with Crippen LogP contribution in [0.1, 0.15) is 37.3 Å². The summed E-state index contributed by atoms with van der Waals surface area (Å²) >= 11 is 3.62. The molecule has 0 fully saturated rings. The first-order chi connectivity index (χ1) is 9.27. The number of benzene rings is 1. The van der Waals surface area contributed by atoms with Gasteiger partial charge in [0, 0.05) is 17.6 Å². The third kappa shape index (κ3) is 6.90. The molecule has 2 nitrogen and oxygen atoms in total. The van der Waals surface area contributed by atoms with E-state index < -0.39 is 0 Å². The fourth-order valence-electron chi connectivity index (χ4n) is 1.74. The molecule has 1 N–H and O–H groups in total. The first-order valence-corrected chi connectivity index (χ1v) is 7.74. The molecule has 0 aliphatic rings. The zero-order valence-corrected chi connectivity index (χ0v) is 13.3. The van der Waals surface area contributed by atoms with Crippen molar-refractivity contribution in [2.75, 3.05) is 13.2 Å². The Morgan fingerprint density at radius 1 is 1.42 bits per heavy atom. The molecule has 0 aliphatic heterocycles. The molecule has 0 bridgehead atoms. The smallest absolute Gasteiger partial charge is 0.0727 e. The molecule has 0 aliphatic carbocycles. The fourth-order valence-corrected chi connectivity index (χ4v) is 2.28. The Labute approximate surface area is 125 Å². The minimum Gasteiger partial charge on any atom is -0.377 e. The second-order valence-corrected chi connectivity index (χ2v) is 5.44. The van der Waals surface area contributed by atoms with Gasteiger partial charge in [-0.3, -0.25) is 0 Å². The molecular formula is C16H24BrNO. The Bertz CT molecular complexity index is 379. The first-order valence-electron chi connectivity index (χ1n) is 6.94. The van der Waals surface area contributed by atoms with Crippen molar-refractivity contribution >= 4 is 15.9 Å². The molecule has 0 saturated carbocycles. The summed E-state index contributed by atoms with van der Waals surface area (Å²) in [6.45, 7) is 9.32. The summed E-state index contributed by atoms with van der Waals surface area (Å²) in [5.74, 6) is 0. The minimum absolute atomic E-state index is 0.667. The van der Waals surface area contributed by atoms with E-state index in [4.69, 9.17) is 4.74 Å². The number of hydrogen-bond acceptors (Lipinski definition) is 2. The van der Waals surface area contributed by atoms with Crippen molar-refractivity contribution in [2.24, 2.45) is 0 Å². The molecule has 19 heavy (non-hydrogen) atoms. The predicted octanol–water partition coefficient (Wildman–Crippen LogP) is 4.43. The molecule has 0 aromatic heterocycles. The monoisotopic (exact) mass is 325 g/mol. The lowest BCUT2D eigenvalue weighted by Gasteiger charge is -2.09. The third-order valence-corrected chi connectivity index (χ3v) is 3.57. The predicted molar refractivity (Wildman–Crippen MR) is 85.2 cm³/mol. The van der Waals surface area contributed by atoms with E-state index in [-0.39, 0.29) is 0 Å². The van der Waals surface area contributed by atoms with Crippen molar-refractivity contribution in [1.82, 2.24) is 5.32 Å². The van der Waals surface area contributed by atoms with Crippen molar-refractivity contribution in [3.63, 3.8) is 0 Å². The lowest BCUT2D eigenvalue weighted by atomic mass is 10.1. The van der Waals surface area contributed by atoms with E-state index in [0.717, 1.165) is 43.4 Å². The van der Waals surface area contributed by atoms with Gasteiger partial charge in [0.15, 0.2) is 0 Å². The van der Waals surface area contributed by atoms with E-state index in [9.17, 15) is 0 Å². The second-order valence-electron chi connectivity index (χ2n) is 4.59. The summed E-state index contributed by atoms with van der Waals surface area (Å²) in [4.78, 5) is 0. The summed E-state index contributed by atoms with van der Waals surface area (Å²) < 4.78 is 6.78. The van der Waals surface area contributed by atoms with Crippen LogP contribution < -0.4 is 5.32 Å². The number of rotatable bonds is 10. The van der Waals surface area contributed by atoms with Crippen LogP contribution in [0, 0.1) is 0 Å². The number of hydrogen-bond donors (Lipinski definition) is 1. The Morgan fingerprint density at radius 3 is 2.95 bits per heavy atom. The molecule has 0 atom stereocenters. The van der Waals surface area contributed by atoms with Crippen LogP contribution in [0.3, 0.4) is 0 Å². The highest BCUT2D eigenvalue weighted by molar-refractivity contribution is 9.10. The van der Waals surface area contributed by atoms with Crippen molar-refractivity contribution < 1.29 is 4.74 Å². The van der Waals surface area contributed by atoms with E-state index >= 15 is 0 Å². The molecule has 0 spiro atoms. The SMILES string of the molecule is C=CCCCOCc1ccc(CNCCC)cc1Br. The molecule has 0 heterocycles. The quantitative estimate of drug-likeness (QED) is 0.507. The first kappa shape index (κ1) is 16.4. The lowest BCUT2D eigenvalue weighted by molar-refractivity contribution is 0.118. The average Bonchev–Trinajstić information content (AvgIpc) is 2.41. The standard InChI is InChI=1S/C16H24BrNO/c1-3-5-6-10-19-13-15-8-7-14(11-16(15)17)12-18-9-4-2/h3,7-8,11,18H,1,4-6,9-10,12-13H2,2H3. The van der Waals surface area contributed by atoms with Gasteiger partial charge in [-0.25, -0.2) is 0 Å². The highest BCUT2D eigenvalue weighted by atomic mass is 79.9. The topological polar surface area (TPSA) is 21.3 Å². The van der Waals surface area contributed by atoms with Crippen LogP contribution in [0.2, 0.25) is 0 Å². The highest BCUT2D eigenvalue weighted by Crippen LogP contribution is 2.19. The van der Waals surface area contributed by atoms with Gasteiger partial charge < -0.3 is 10.1 Å². The van der Waals surface area contributed by atoms with Gasteiger partial charge in [-0.2, -0.15) is 0 Å². The van der Waals surface area contributed by atoms with Crippen LogP contribution in [-0.2, 0) is 17.9 Å². The highest BCUT2D eigenvalue weighted by Gasteiger charge is 2.02. The maximum Gasteiger partial charge on any atom is 0.0727 e. The summed E-state index contributed by atoms with van der Waals surface area (Å²) in [6, 6.07) is 6.47. The normalized spacial score (nSPS) is 10.6. The summed E-state index contributed by atoms with van der Waals surface area (Å²) in [5, 5.41) is 3.40. The average molecular weight is 326 g/mol. The molecule has 1 aromatic rings. The summed E-state index contributed by atoms with van der Waals surface area (Å²) in [5.41, 5.74) is 2.51. The zero-order chi connectivity index (χ0) is 13.9. The second kappa shape index (κ2) is 10.2. The molecule has 0 radical (unpaired) electrons. The van der Waals surface area contributed by atoms with Gasteiger partial charge in [0.1, 0.15) is 0 Å². The summed E-state index contributed by atoms with van der Waals surface area (Å²) in [7, 11) is 0. The molecule has 0 amide bonds. The van der Waals surface area contributed by atoms with Gasteiger partial charge in [-0.1, -0.05) is 41.1 Å². The number of allylic oxidation sites excluding steroid dienone is 1. The van der Waals surface area contributed by atoms with E-state index in [2.05, 4.69) is 52.9 Å². The Balaban J connectivity index is 2.36. The van der Waals surface area contributed by atoms with Crippen LogP contribution in [0.4, 0.5) is 0 Å². The number of unbranched alkanes of at least 4 members (excludes halogenated alkanes) is 1. The molecular weight excluding hydrogens is 302 g/mol. The number of ether oxygens (including phenoxy) is 1. The maximum absolute atomic E-state index is 5.65. The Hall–Kier alpha value is -0.640. The Kier molecular flexibility index (Phi) is 8.80. The van der Waals surface area contributed by atoms with Crippen LogP contribution >= 0.6 is 15.9 Å².